The van der Waals surface area contributed by atoms with Gasteiger partial charge in [0.1, 0.15) is 10.6 Å². The summed E-state index contributed by atoms with van der Waals surface area (Å²) in [5, 5.41) is 10.5. The molecule has 0 aromatic carbocycles. The van der Waals surface area contributed by atoms with Gasteiger partial charge in [-0.3, -0.25) is 4.79 Å². The smallest absolute Gasteiger partial charge is 0.347 e. The molecule has 2 aromatic rings. The fourth-order valence-electron chi connectivity index (χ4n) is 3.81. The Morgan fingerprint density at radius 3 is 2.62 bits per heavy atom. The van der Waals surface area contributed by atoms with Gasteiger partial charge < -0.3 is 19.9 Å². The van der Waals surface area contributed by atoms with Gasteiger partial charge in [-0.05, 0) is 39.3 Å². The van der Waals surface area contributed by atoms with Crippen molar-refractivity contribution in [1.29, 1.82) is 0 Å². The number of aromatic carboxylic acids is 1. The number of aromatic amines is 1. The number of nitrogens with one attached hydrogen (secondary N) is 1. The lowest BCUT2D eigenvalue weighted by Crippen LogP contribution is -2.45. The van der Waals surface area contributed by atoms with Crippen molar-refractivity contribution in [3.8, 4) is 0 Å². The van der Waals surface area contributed by atoms with E-state index in [1.54, 1.807) is 6.92 Å². The third-order valence-corrected chi connectivity index (χ3v) is 7.24. The fourth-order valence-corrected chi connectivity index (χ4v) is 5.04. The second-order valence-corrected chi connectivity index (χ2v) is 9.47. The molecule has 2 N–H and O–H groups in total. The zero-order valence-corrected chi connectivity index (χ0v) is 18.9. The summed E-state index contributed by atoms with van der Waals surface area (Å²) in [4.78, 5) is 35.8. The fraction of sp³-hybridized carbons (Fsp3) is 0.526. The molecule has 1 saturated heterocycles. The SMILES string of the molecule is Cc1[nH]c(C(=O)CC2CCN(c3ncc(C(=O)O)s3)CC2CN(C)C)c(Cl)c1Cl. The average molecular weight is 459 g/mol. The summed E-state index contributed by atoms with van der Waals surface area (Å²) in [6.07, 6.45) is 2.61. The van der Waals surface area contributed by atoms with Gasteiger partial charge in [0.25, 0.3) is 0 Å². The third kappa shape index (κ3) is 4.94. The highest BCUT2D eigenvalue weighted by Gasteiger charge is 2.33. The van der Waals surface area contributed by atoms with Gasteiger partial charge in [-0.25, -0.2) is 9.78 Å². The van der Waals surface area contributed by atoms with Gasteiger partial charge in [-0.15, -0.1) is 0 Å². The molecule has 2 unspecified atom stereocenters. The number of halogens is 2. The number of thiazole rings is 1. The number of carboxylic acid groups (broad SMARTS) is 1. The summed E-state index contributed by atoms with van der Waals surface area (Å²) in [5.41, 5.74) is 1.07. The maximum absolute atomic E-state index is 12.9. The molecule has 1 aliphatic heterocycles. The summed E-state index contributed by atoms with van der Waals surface area (Å²) in [7, 11) is 4.02. The second kappa shape index (κ2) is 9.04. The number of carbonyl (C=O) groups excluding carboxylic acids is 1. The molecular formula is C19H24Cl2N4O3S. The van der Waals surface area contributed by atoms with Crippen molar-refractivity contribution in [3.63, 3.8) is 0 Å². The molecule has 3 heterocycles. The first kappa shape index (κ1) is 22.1. The number of Topliss-reactive ketones (excluding diaryl/α,β-unsaturated/α-hetero) is 1. The number of piperidine rings is 1. The van der Waals surface area contributed by atoms with Gasteiger partial charge in [0.2, 0.25) is 0 Å². The van der Waals surface area contributed by atoms with Crippen molar-refractivity contribution >= 4 is 51.4 Å². The molecule has 10 heteroatoms. The summed E-state index contributed by atoms with van der Waals surface area (Å²) in [6.45, 7) is 4.06. The highest BCUT2D eigenvalue weighted by Crippen LogP contribution is 2.35. The lowest BCUT2D eigenvalue weighted by molar-refractivity contribution is 0.0701. The normalized spacial score (nSPS) is 19.7. The molecule has 2 aromatic heterocycles. The summed E-state index contributed by atoms with van der Waals surface area (Å²) < 4.78 is 0. The van der Waals surface area contributed by atoms with E-state index in [4.69, 9.17) is 28.3 Å². The number of hydrogen-bond acceptors (Lipinski definition) is 6. The topological polar surface area (TPSA) is 89.5 Å². The molecule has 7 nitrogen and oxygen atoms in total. The van der Waals surface area contributed by atoms with Crippen molar-refractivity contribution in [2.45, 2.75) is 19.8 Å². The summed E-state index contributed by atoms with van der Waals surface area (Å²) >= 11 is 13.5. The standard InChI is InChI=1S/C19H24Cl2N4O3S/c1-10-15(20)16(21)17(23-10)13(26)6-11-4-5-25(9-12(11)8-24(2)3)19-22-7-14(29-19)18(27)28/h7,11-12,23H,4-6,8-9H2,1-3H3,(H,27,28). The maximum Gasteiger partial charge on any atom is 0.347 e. The maximum atomic E-state index is 12.9. The zero-order valence-electron chi connectivity index (χ0n) is 16.5. The number of anilines is 1. The van der Waals surface area contributed by atoms with E-state index in [1.165, 1.54) is 17.5 Å². The van der Waals surface area contributed by atoms with Crippen LogP contribution in [-0.2, 0) is 0 Å². The average Bonchev–Trinajstić information content (AvgIpc) is 3.24. The van der Waals surface area contributed by atoms with Crippen LogP contribution in [0.15, 0.2) is 6.20 Å². The van der Waals surface area contributed by atoms with Gasteiger partial charge in [-0.1, -0.05) is 34.5 Å². The van der Waals surface area contributed by atoms with E-state index < -0.39 is 5.97 Å². The van der Waals surface area contributed by atoms with Crippen molar-refractivity contribution in [2.24, 2.45) is 11.8 Å². The molecule has 0 aliphatic carbocycles. The van der Waals surface area contributed by atoms with Crippen LogP contribution in [-0.4, -0.2) is 65.5 Å². The lowest BCUT2D eigenvalue weighted by atomic mass is 9.81. The Morgan fingerprint density at radius 1 is 1.34 bits per heavy atom. The predicted molar refractivity (Wildman–Crippen MR) is 116 cm³/mol. The molecule has 0 bridgehead atoms. The first-order valence-corrected chi connectivity index (χ1v) is 10.9. The van der Waals surface area contributed by atoms with Gasteiger partial charge in [-0.2, -0.15) is 0 Å². The Hall–Kier alpha value is -1.61. The zero-order chi connectivity index (χ0) is 21.3. The van der Waals surface area contributed by atoms with Crippen molar-refractivity contribution in [3.05, 3.63) is 32.5 Å². The second-order valence-electron chi connectivity index (χ2n) is 7.71. The molecule has 1 aliphatic rings. The Balaban J connectivity index is 1.74. The van der Waals surface area contributed by atoms with E-state index >= 15 is 0 Å². The van der Waals surface area contributed by atoms with Gasteiger partial charge in [0.05, 0.1) is 16.2 Å². The Morgan fingerprint density at radius 2 is 2.07 bits per heavy atom. The first-order chi connectivity index (χ1) is 13.7. The van der Waals surface area contributed by atoms with E-state index in [1.807, 2.05) is 14.1 Å². The molecule has 0 saturated carbocycles. The van der Waals surface area contributed by atoms with E-state index in [0.717, 1.165) is 26.1 Å². The minimum absolute atomic E-state index is 0.0328. The number of aromatic nitrogens is 2. The van der Waals surface area contributed by atoms with Crippen molar-refractivity contribution < 1.29 is 14.7 Å². The van der Waals surface area contributed by atoms with Gasteiger partial charge in [0, 0.05) is 31.7 Å². The summed E-state index contributed by atoms with van der Waals surface area (Å²) in [6, 6.07) is 0. The third-order valence-electron chi connectivity index (χ3n) is 5.25. The Labute approximate surface area is 183 Å². The number of nitrogens with zero attached hydrogens (tertiary/aromatic N) is 3. The molecule has 29 heavy (non-hydrogen) atoms. The number of hydrogen-bond donors (Lipinski definition) is 2. The molecule has 158 valence electrons. The van der Waals surface area contributed by atoms with E-state index in [-0.39, 0.29) is 22.5 Å². The monoisotopic (exact) mass is 458 g/mol. The van der Waals surface area contributed by atoms with Crippen LogP contribution in [0.4, 0.5) is 5.13 Å². The quantitative estimate of drug-likeness (QED) is 0.607. The molecule has 0 radical (unpaired) electrons. The molecule has 3 rings (SSSR count). The van der Waals surface area contributed by atoms with Crippen LogP contribution in [0, 0.1) is 18.8 Å². The largest absolute Gasteiger partial charge is 0.477 e. The van der Waals surface area contributed by atoms with Crippen LogP contribution in [0.5, 0.6) is 0 Å². The number of ketones is 1. The molecule has 0 spiro atoms. The van der Waals surface area contributed by atoms with Crippen molar-refractivity contribution in [1.82, 2.24) is 14.9 Å². The van der Waals surface area contributed by atoms with Crippen LogP contribution < -0.4 is 4.90 Å². The minimum Gasteiger partial charge on any atom is -0.477 e. The van der Waals surface area contributed by atoms with Gasteiger partial charge >= 0.3 is 5.97 Å². The van der Waals surface area contributed by atoms with E-state index in [0.29, 0.717) is 33.0 Å². The number of carbonyl (C=O) groups is 2. The van der Waals surface area contributed by atoms with Crippen LogP contribution >= 0.6 is 34.5 Å². The number of rotatable bonds is 7. The van der Waals surface area contributed by atoms with E-state index in [9.17, 15) is 9.59 Å². The highest BCUT2D eigenvalue weighted by molar-refractivity contribution is 7.17. The van der Waals surface area contributed by atoms with Crippen LogP contribution in [0.3, 0.4) is 0 Å². The number of aryl methyl sites for hydroxylation is 1. The van der Waals surface area contributed by atoms with Crippen LogP contribution in [0.2, 0.25) is 10.0 Å². The van der Waals surface area contributed by atoms with Gasteiger partial charge in [0.15, 0.2) is 10.9 Å². The van der Waals surface area contributed by atoms with Crippen molar-refractivity contribution in [2.75, 3.05) is 38.6 Å². The Kier molecular flexibility index (Phi) is 6.88. The molecule has 2 atom stereocenters. The first-order valence-electron chi connectivity index (χ1n) is 9.33. The number of H-pyrrole nitrogens is 1. The Bertz CT molecular complexity index is 911. The van der Waals surface area contributed by atoms with E-state index in [2.05, 4.69) is 19.8 Å². The lowest BCUT2D eigenvalue weighted by Gasteiger charge is -2.39. The number of carboxylic acids is 1. The van der Waals surface area contributed by atoms with Crippen LogP contribution in [0.1, 0.15) is 38.7 Å². The molecule has 1 fully saturated rings. The highest BCUT2D eigenvalue weighted by atomic mass is 35.5. The van der Waals surface area contributed by atoms with Crippen LogP contribution in [0.25, 0.3) is 0 Å². The minimum atomic E-state index is -0.962. The molecule has 0 amide bonds. The molecular weight excluding hydrogens is 435 g/mol. The summed E-state index contributed by atoms with van der Waals surface area (Å²) in [5.74, 6) is -0.561. The predicted octanol–water partition coefficient (Wildman–Crippen LogP) is 4.06.